The van der Waals surface area contributed by atoms with E-state index in [9.17, 15) is 4.79 Å². The summed E-state index contributed by atoms with van der Waals surface area (Å²) in [6, 6.07) is 9.40. The summed E-state index contributed by atoms with van der Waals surface area (Å²) in [5.41, 5.74) is 0.459. The second-order valence-electron chi connectivity index (χ2n) is 3.99. The normalized spacial score (nSPS) is 10.4. The number of carbonyl (C=O) groups excluding carboxylic acids is 1. The maximum Gasteiger partial charge on any atom is 0.185 e. The van der Waals surface area contributed by atoms with Crippen molar-refractivity contribution in [3.8, 4) is 5.75 Å². The van der Waals surface area contributed by atoms with Gasteiger partial charge in [-0.2, -0.15) is 5.10 Å². The van der Waals surface area contributed by atoms with Gasteiger partial charge in [0.1, 0.15) is 11.4 Å². The Hall–Kier alpha value is -1.81. The van der Waals surface area contributed by atoms with Gasteiger partial charge in [0.25, 0.3) is 0 Å². The third kappa shape index (κ3) is 3.35. The molecule has 0 aliphatic heterocycles. The number of nitrogens with zero attached hydrogens (tertiary/aromatic N) is 2. The lowest BCUT2D eigenvalue weighted by atomic mass is 10.2. The molecule has 0 fully saturated rings. The molecule has 0 saturated carbocycles. The summed E-state index contributed by atoms with van der Waals surface area (Å²) >= 11 is 5.97. The first-order valence-corrected chi connectivity index (χ1v) is 6.52. The van der Waals surface area contributed by atoms with Crippen molar-refractivity contribution in [3.63, 3.8) is 0 Å². The highest BCUT2D eigenvalue weighted by Gasteiger charge is 2.16. The van der Waals surface area contributed by atoms with E-state index in [1.807, 2.05) is 37.3 Å². The summed E-state index contributed by atoms with van der Waals surface area (Å²) in [5, 5.41) is 4.44. The molecule has 0 unspecified atom stereocenters. The Labute approximate surface area is 116 Å². The first-order chi connectivity index (χ1) is 9.22. The predicted octanol–water partition coefficient (Wildman–Crippen LogP) is 3.21. The van der Waals surface area contributed by atoms with E-state index in [0.29, 0.717) is 23.9 Å². The van der Waals surface area contributed by atoms with Gasteiger partial charge in [-0.25, -0.2) is 0 Å². The van der Waals surface area contributed by atoms with Gasteiger partial charge in [0.15, 0.2) is 5.78 Å². The molecule has 0 bridgehead atoms. The molecule has 0 atom stereocenters. The summed E-state index contributed by atoms with van der Waals surface area (Å²) in [4.78, 5) is 12.1. The number of para-hydroxylation sites is 1. The van der Waals surface area contributed by atoms with Crippen LogP contribution >= 0.6 is 11.6 Å². The minimum atomic E-state index is -0.0553. The lowest BCUT2D eigenvalue weighted by molar-refractivity contribution is 0.0952. The molecule has 0 amide bonds. The van der Waals surface area contributed by atoms with E-state index in [1.165, 1.54) is 6.20 Å². The number of carbonyl (C=O) groups is 1. The van der Waals surface area contributed by atoms with Gasteiger partial charge < -0.3 is 4.74 Å². The van der Waals surface area contributed by atoms with Crippen molar-refractivity contribution in [2.24, 2.45) is 0 Å². The quantitative estimate of drug-likeness (QED) is 0.762. The van der Waals surface area contributed by atoms with Gasteiger partial charge in [-0.1, -0.05) is 29.8 Å². The molecular formula is C14H15ClN2O2. The van der Waals surface area contributed by atoms with Crippen LogP contribution in [0, 0.1) is 0 Å². The van der Waals surface area contributed by atoms with Gasteiger partial charge in [-0.05, 0) is 19.1 Å². The van der Waals surface area contributed by atoms with Crippen molar-refractivity contribution < 1.29 is 9.53 Å². The van der Waals surface area contributed by atoms with E-state index in [0.717, 1.165) is 5.75 Å². The molecule has 0 radical (unpaired) electrons. The van der Waals surface area contributed by atoms with Crippen LogP contribution in [-0.4, -0.2) is 22.2 Å². The van der Waals surface area contributed by atoms with Gasteiger partial charge in [-0.3, -0.25) is 9.48 Å². The zero-order chi connectivity index (χ0) is 13.7. The number of Topliss-reactive ketones (excluding diaryl/α,β-unsaturated/α-hetero) is 1. The first-order valence-electron chi connectivity index (χ1n) is 6.14. The minimum absolute atomic E-state index is 0.0553. The fourth-order valence-corrected chi connectivity index (χ4v) is 2.02. The van der Waals surface area contributed by atoms with Crippen molar-refractivity contribution in [1.29, 1.82) is 0 Å². The number of aryl methyl sites for hydroxylation is 1. The van der Waals surface area contributed by atoms with Crippen LogP contribution in [0.25, 0.3) is 0 Å². The van der Waals surface area contributed by atoms with E-state index < -0.39 is 0 Å². The molecule has 1 heterocycles. The Bertz CT molecular complexity index is 552. The van der Waals surface area contributed by atoms with E-state index in [4.69, 9.17) is 16.3 Å². The van der Waals surface area contributed by atoms with Crippen LogP contribution < -0.4 is 4.74 Å². The lowest BCUT2D eigenvalue weighted by Crippen LogP contribution is -2.13. The van der Waals surface area contributed by atoms with Gasteiger partial charge >= 0.3 is 0 Å². The molecule has 2 rings (SSSR count). The summed E-state index contributed by atoms with van der Waals surface area (Å²) in [5.74, 6) is 0.700. The summed E-state index contributed by atoms with van der Waals surface area (Å²) in [7, 11) is 0. The molecule has 5 heteroatoms. The molecule has 0 spiro atoms. The largest absolute Gasteiger partial charge is 0.493 e. The Morgan fingerprint density at radius 2 is 2.11 bits per heavy atom. The number of rotatable bonds is 6. The fourth-order valence-electron chi connectivity index (χ4n) is 1.78. The molecular weight excluding hydrogens is 264 g/mol. The molecule has 0 aliphatic carbocycles. The van der Waals surface area contributed by atoms with Crippen LogP contribution in [0.15, 0.2) is 36.5 Å². The fraction of sp³-hybridized carbons (Fsp3) is 0.286. The summed E-state index contributed by atoms with van der Waals surface area (Å²) in [6.07, 6.45) is 1.77. The maximum atomic E-state index is 12.1. The number of ether oxygens (including phenoxy) is 1. The average Bonchev–Trinajstić information content (AvgIpc) is 2.81. The van der Waals surface area contributed by atoms with Crippen molar-refractivity contribution >= 4 is 17.4 Å². The second-order valence-corrected chi connectivity index (χ2v) is 4.40. The van der Waals surface area contributed by atoms with E-state index in [1.54, 1.807) is 4.68 Å². The molecule has 0 saturated heterocycles. The number of hydrogen-bond acceptors (Lipinski definition) is 3. The Balaban J connectivity index is 1.93. The van der Waals surface area contributed by atoms with E-state index >= 15 is 0 Å². The predicted molar refractivity (Wildman–Crippen MR) is 73.8 cm³/mol. The molecule has 4 nitrogen and oxygen atoms in total. The monoisotopic (exact) mass is 278 g/mol. The van der Waals surface area contributed by atoms with Gasteiger partial charge in [-0.15, -0.1) is 0 Å². The standard InChI is InChI=1S/C14H15ClN2O2/c1-2-17-14(12(15)10-16-17)13(18)8-9-19-11-6-4-3-5-7-11/h3-7,10H,2,8-9H2,1H3. The number of ketones is 1. The Morgan fingerprint density at radius 1 is 1.37 bits per heavy atom. The number of benzene rings is 1. The third-order valence-electron chi connectivity index (χ3n) is 2.70. The highest BCUT2D eigenvalue weighted by atomic mass is 35.5. The van der Waals surface area contributed by atoms with Crippen LogP contribution in [0.4, 0.5) is 0 Å². The Morgan fingerprint density at radius 3 is 2.79 bits per heavy atom. The van der Waals surface area contributed by atoms with Crippen molar-refractivity contribution in [2.75, 3.05) is 6.61 Å². The van der Waals surface area contributed by atoms with Crippen LogP contribution in [0.1, 0.15) is 23.8 Å². The van der Waals surface area contributed by atoms with Crippen molar-refractivity contribution in [1.82, 2.24) is 9.78 Å². The number of hydrogen-bond donors (Lipinski definition) is 0. The van der Waals surface area contributed by atoms with Crippen LogP contribution in [0.2, 0.25) is 5.02 Å². The molecule has 100 valence electrons. The van der Waals surface area contributed by atoms with Crippen molar-refractivity contribution in [3.05, 3.63) is 47.2 Å². The van der Waals surface area contributed by atoms with Gasteiger partial charge in [0, 0.05) is 13.0 Å². The smallest absolute Gasteiger partial charge is 0.185 e. The molecule has 19 heavy (non-hydrogen) atoms. The highest BCUT2D eigenvalue weighted by Crippen LogP contribution is 2.17. The topological polar surface area (TPSA) is 44.1 Å². The summed E-state index contributed by atoms with van der Waals surface area (Å²) < 4.78 is 7.10. The first kappa shape index (κ1) is 13.6. The summed E-state index contributed by atoms with van der Waals surface area (Å²) in [6.45, 7) is 2.86. The van der Waals surface area contributed by atoms with Crippen LogP contribution in [0.5, 0.6) is 5.75 Å². The van der Waals surface area contributed by atoms with Crippen molar-refractivity contribution in [2.45, 2.75) is 19.9 Å². The molecule has 2 aromatic rings. The Kier molecular flexibility index (Phi) is 4.58. The van der Waals surface area contributed by atoms with E-state index in [2.05, 4.69) is 5.10 Å². The van der Waals surface area contributed by atoms with Gasteiger partial charge in [0.2, 0.25) is 0 Å². The highest BCUT2D eigenvalue weighted by molar-refractivity contribution is 6.33. The van der Waals surface area contributed by atoms with Crippen LogP contribution in [-0.2, 0) is 6.54 Å². The van der Waals surface area contributed by atoms with Crippen LogP contribution in [0.3, 0.4) is 0 Å². The van der Waals surface area contributed by atoms with E-state index in [-0.39, 0.29) is 12.2 Å². The number of halogens is 1. The number of aromatic nitrogens is 2. The van der Waals surface area contributed by atoms with Gasteiger partial charge in [0.05, 0.1) is 17.8 Å². The third-order valence-corrected chi connectivity index (χ3v) is 2.98. The molecule has 1 aromatic heterocycles. The zero-order valence-corrected chi connectivity index (χ0v) is 11.4. The molecule has 0 N–H and O–H groups in total. The lowest BCUT2D eigenvalue weighted by Gasteiger charge is -2.07. The minimum Gasteiger partial charge on any atom is -0.493 e. The average molecular weight is 279 g/mol. The molecule has 0 aliphatic rings. The SMILES string of the molecule is CCn1ncc(Cl)c1C(=O)CCOc1ccccc1. The zero-order valence-electron chi connectivity index (χ0n) is 10.7. The molecule has 1 aromatic carbocycles. The second kappa shape index (κ2) is 6.38. The maximum absolute atomic E-state index is 12.1.